The molecule has 0 aliphatic carbocycles. The SMILES string of the molecule is CC(C)(CO)C(=O)NCCn1ccc2ncnc(Nc3ccc(Oc4ccc5ccnn5c4)c(Cl)c3)c21. The van der Waals surface area contributed by atoms with Gasteiger partial charge in [-0.2, -0.15) is 5.10 Å². The average Bonchev–Trinajstić information content (AvgIpc) is 3.53. The van der Waals surface area contributed by atoms with E-state index in [4.69, 9.17) is 16.3 Å². The van der Waals surface area contributed by atoms with Crippen molar-refractivity contribution in [2.75, 3.05) is 18.5 Å². The monoisotopic (exact) mass is 519 g/mol. The molecule has 0 aliphatic rings. The van der Waals surface area contributed by atoms with Gasteiger partial charge in [0.25, 0.3) is 0 Å². The number of fused-ring (bicyclic) bond motifs is 2. The third-order valence-electron chi connectivity index (χ3n) is 5.99. The third-order valence-corrected chi connectivity index (χ3v) is 6.28. The van der Waals surface area contributed by atoms with E-state index < -0.39 is 5.41 Å². The highest BCUT2D eigenvalue weighted by atomic mass is 35.5. The highest BCUT2D eigenvalue weighted by Gasteiger charge is 2.26. The molecule has 0 unspecified atom stereocenters. The van der Waals surface area contributed by atoms with E-state index in [1.807, 2.05) is 41.1 Å². The lowest BCUT2D eigenvalue weighted by molar-refractivity contribution is -0.131. The van der Waals surface area contributed by atoms with Crippen molar-refractivity contribution in [3.63, 3.8) is 0 Å². The number of aromatic nitrogens is 5. The van der Waals surface area contributed by atoms with Gasteiger partial charge in [-0.3, -0.25) is 4.79 Å². The van der Waals surface area contributed by atoms with Crippen molar-refractivity contribution in [1.82, 2.24) is 29.5 Å². The first-order valence-electron chi connectivity index (χ1n) is 11.7. The fraction of sp³-hybridized carbons (Fsp3) is 0.231. The van der Waals surface area contributed by atoms with E-state index >= 15 is 0 Å². The molecule has 0 aliphatic heterocycles. The predicted octanol–water partition coefficient (Wildman–Crippen LogP) is 4.40. The van der Waals surface area contributed by atoms with Gasteiger partial charge in [0.2, 0.25) is 5.91 Å². The zero-order valence-corrected chi connectivity index (χ0v) is 21.1. The third kappa shape index (κ3) is 5.20. The fourth-order valence-electron chi connectivity index (χ4n) is 3.79. The Kier molecular flexibility index (Phi) is 6.68. The lowest BCUT2D eigenvalue weighted by Crippen LogP contribution is -2.40. The van der Waals surface area contributed by atoms with Crippen LogP contribution in [0.25, 0.3) is 16.6 Å². The van der Waals surface area contributed by atoms with Gasteiger partial charge in [-0.05, 0) is 56.3 Å². The van der Waals surface area contributed by atoms with Crippen LogP contribution in [0.2, 0.25) is 5.02 Å². The maximum Gasteiger partial charge on any atom is 0.228 e. The van der Waals surface area contributed by atoms with Crippen LogP contribution in [-0.4, -0.2) is 48.3 Å². The minimum absolute atomic E-state index is 0.206. The lowest BCUT2D eigenvalue weighted by Gasteiger charge is -2.20. The van der Waals surface area contributed by atoms with E-state index in [1.54, 1.807) is 42.9 Å². The minimum atomic E-state index is -0.838. The Morgan fingerprint density at radius 2 is 2.03 bits per heavy atom. The molecule has 37 heavy (non-hydrogen) atoms. The number of anilines is 2. The summed E-state index contributed by atoms with van der Waals surface area (Å²) >= 11 is 6.53. The number of carbonyl (C=O) groups excluding carboxylic acids is 1. The maximum atomic E-state index is 12.3. The Bertz CT molecular complexity index is 1580. The Morgan fingerprint density at radius 1 is 1.16 bits per heavy atom. The largest absolute Gasteiger partial charge is 0.454 e. The van der Waals surface area contributed by atoms with E-state index in [2.05, 4.69) is 25.7 Å². The highest BCUT2D eigenvalue weighted by Crippen LogP contribution is 2.33. The maximum absolute atomic E-state index is 12.3. The molecule has 5 rings (SSSR count). The molecule has 0 spiro atoms. The number of rotatable bonds is 9. The summed E-state index contributed by atoms with van der Waals surface area (Å²) < 4.78 is 9.66. The van der Waals surface area contributed by atoms with E-state index in [0.29, 0.717) is 35.4 Å². The Labute approximate surface area is 217 Å². The Morgan fingerprint density at radius 3 is 2.84 bits per heavy atom. The number of aliphatic hydroxyl groups is 1. The number of benzene rings is 1. The topological polar surface area (TPSA) is 119 Å². The smallest absolute Gasteiger partial charge is 0.228 e. The van der Waals surface area contributed by atoms with Crippen molar-refractivity contribution in [2.24, 2.45) is 5.41 Å². The predicted molar refractivity (Wildman–Crippen MR) is 141 cm³/mol. The number of carbonyl (C=O) groups is 1. The molecule has 0 bridgehead atoms. The van der Waals surface area contributed by atoms with Crippen LogP contribution < -0.4 is 15.4 Å². The summed E-state index contributed by atoms with van der Waals surface area (Å²) in [5.74, 6) is 1.52. The van der Waals surface area contributed by atoms with Gasteiger partial charge in [0, 0.05) is 31.2 Å². The number of hydrogen-bond donors (Lipinski definition) is 3. The molecule has 1 aromatic carbocycles. The number of amides is 1. The molecule has 0 saturated carbocycles. The van der Waals surface area contributed by atoms with E-state index in [1.165, 1.54) is 6.33 Å². The summed E-state index contributed by atoms with van der Waals surface area (Å²) in [6.07, 6.45) is 6.90. The van der Waals surface area contributed by atoms with Gasteiger partial charge >= 0.3 is 0 Å². The molecule has 3 N–H and O–H groups in total. The number of aliphatic hydroxyl groups excluding tert-OH is 1. The van der Waals surface area contributed by atoms with Gasteiger partial charge in [0.15, 0.2) is 5.82 Å². The van der Waals surface area contributed by atoms with Gasteiger partial charge in [0.1, 0.15) is 23.3 Å². The van der Waals surface area contributed by atoms with Crippen LogP contribution >= 0.6 is 11.6 Å². The molecular formula is C26H26ClN7O3. The summed E-state index contributed by atoms with van der Waals surface area (Å²) in [7, 11) is 0. The van der Waals surface area contributed by atoms with E-state index in [-0.39, 0.29) is 12.5 Å². The number of nitrogens with one attached hydrogen (secondary N) is 2. The summed E-state index contributed by atoms with van der Waals surface area (Å²) in [5, 5.41) is 20.2. The summed E-state index contributed by atoms with van der Waals surface area (Å²) in [6, 6.07) is 13.0. The van der Waals surface area contributed by atoms with Crippen molar-refractivity contribution in [1.29, 1.82) is 0 Å². The summed E-state index contributed by atoms with van der Waals surface area (Å²) in [5.41, 5.74) is 2.41. The summed E-state index contributed by atoms with van der Waals surface area (Å²) in [4.78, 5) is 21.0. The van der Waals surface area contributed by atoms with Crippen molar-refractivity contribution in [3.05, 3.63) is 72.4 Å². The molecule has 11 heteroatoms. The first kappa shape index (κ1) is 24.5. The molecule has 0 fully saturated rings. The van der Waals surface area contributed by atoms with Crippen LogP contribution in [0.4, 0.5) is 11.5 Å². The second-order valence-corrected chi connectivity index (χ2v) is 9.61. The minimum Gasteiger partial charge on any atom is -0.454 e. The first-order valence-corrected chi connectivity index (χ1v) is 12.1. The van der Waals surface area contributed by atoms with Crippen molar-refractivity contribution >= 4 is 45.6 Å². The second kappa shape index (κ2) is 10.1. The Hall–Kier alpha value is -4.15. The fourth-order valence-corrected chi connectivity index (χ4v) is 4.01. The van der Waals surface area contributed by atoms with Crippen molar-refractivity contribution in [2.45, 2.75) is 20.4 Å². The van der Waals surface area contributed by atoms with Crippen LogP contribution in [0.3, 0.4) is 0 Å². The van der Waals surface area contributed by atoms with Gasteiger partial charge in [0.05, 0.1) is 34.3 Å². The molecule has 4 aromatic heterocycles. The quantitative estimate of drug-likeness (QED) is 0.264. The Balaban J connectivity index is 1.31. The standard InChI is InChI=1S/C26H26ClN7O3/c1-26(2,15-35)25(36)28-10-12-33-11-8-21-23(33)24(30-16-29-21)32-17-3-6-22(20(27)13-17)37-19-5-4-18-7-9-31-34(18)14-19/h3-9,11,13-14,16,35H,10,12,15H2,1-2H3,(H,28,36)(H,29,30,32). The lowest BCUT2D eigenvalue weighted by atomic mass is 9.94. The molecule has 10 nitrogen and oxygen atoms in total. The van der Waals surface area contributed by atoms with Gasteiger partial charge in [-0.1, -0.05) is 11.6 Å². The van der Waals surface area contributed by atoms with Gasteiger partial charge < -0.3 is 25.0 Å². The number of nitrogens with zero attached hydrogens (tertiary/aromatic N) is 5. The zero-order chi connectivity index (χ0) is 26.0. The number of halogens is 1. The highest BCUT2D eigenvalue weighted by molar-refractivity contribution is 6.32. The zero-order valence-electron chi connectivity index (χ0n) is 20.3. The van der Waals surface area contributed by atoms with Crippen LogP contribution in [0.5, 0.6) is 11.5 Å². The summed E-state index contributed by atoms with van der Waals surface area (Å²) in [6.45, 7) is 4.07. The van der Waals surface area contributed by atoms with Crippen LogP contribution in [-0.2, 0) is 11.3 Å². The van der Waals surface area contributed by atoms with Crippen molar-refractivity contribution in [3.8, 4) is 11.5 Å². The van der Waals surface area contributed by atoms with Crippen LogP contribution in [0.15, 0.2) is 67.4 Å². The van der Waals surface area contributed by atoms with Gasteiger partial charge in [-0.15, -0.1) is 0 Å². The number of pyridine rings is 1. The van der Waals surface area contributed by atoms with E-state index in [0.717, 1.165) is 22.2 Å². The molecule has 0 radical (unpaired) electrons. The molecule has 5 aromatic rings. The molecular weight excluding hydrogens is 494 g/mol. The molecule has 0 saturated heterocycles. The first-order chi connectivity index (χ1) is 17.8. The van der Waals surface area contributed by atoms with Crippen molar-refractivity contribution < 1.29 is 14.6 Å². The van der Waals surface area contributed by atoms with E-state index in [9.17, 15) is 9.90 Å². The number of ether oxygens (including phenoxy) is 1. The second-order valence-electron chi connectivity index (χ2n) is 9.20. The molecule has 1 amide bonds. The number of hydrogen-bond acceptors (Lipinski definition) is 7. The van der Waals surface area contributed by atoms with Crippen LogP contribution in [0.1, 0.15) is 13.8 Å². The average molecular weight is 520 g/mol. The molecule has 4 heterocycles. The molecule has 190 valence electrons. The molecule has 0 atom stereocenters. The van der Waals surface area contributed by atoms with Gasteiger partial charge in [-0.25, -0.2) is 14.5 Å². The normalized spacial score (nSPS) is 11.7. The van der Waals surface area contributed by atoms with Crippen LogP contribution in [0, 0.1) is 5.41 Å².